The van der Waals surface area contributed by atoms with Crippen LogP contribution in [0, 0.1) is 5.41 Å². The Morgan fingerprint density at radius 1 is 1.24 bits per heavy atom. The molecule has 2 N–H and O–H groups in total. The first kappa shape index (κ1) is 28.7. The van der Waals surface area contributed by atoms with Crippen molar-refractivity contribution in [1.29, 1.82) is 0 Å². The van der Waals surface area contributed by atoms with Gasteiger partial charge in [-0.3, -0.25) is 9.59 Å². The van der Waals surface area contributed by atoms with Crippen LogP contribution in [0.15, 0.2) is 29.1 Å². The first-order valence-corrected chi connectivity index (χ1v) is 14.4. The van der Waals surface area contributed by atoms with Crippen LogP contribution in [0.2, 0.25) is 5.02 Å². The number of nitrogens with one attached hydrogen (secondary N) is 2. The molecule has 0 bridgehead atoms. The number of benzene rings is 1. The number of amides is 1. The highest BCUT2D eigenvalue weighted by Gasteiger charge is 2.40. The summed E-state index contributed by atoms with van der Waals surface area (Å²) in [5, 5.41) is 10.3. The molecule has 1 spiro atoms. The summed E-state index contributed by atoms with van der Waals surface area (Å²) in [6, 6.07) is 2.76. The van der Waals surface area contributed by atoms with Gasteiger partial charge >= 0.3 is 6.18 Å². The topological polar surface area (TPSA) is 106 Å². The number of aromatic nitrogens is 4. The Bertz CT molecular complexity index is 1620. The summed E-state index contributed by atoms with van der Waals surface area (Å²) in [6.07, 6.45) is 0.549. The van der Waals surface area contributed by atoms with Gasteiger partial charge in [0.1, 0.15) is 12.2 Å². The van der Waals surface area contributed by atoms with Gasteiger partial charge in [0.05, 0.1) is 35.2 Å². The molecule has 1 aromatic carbocycles. The van der Waals surface area contributed by atoms with Crippen LogP contribution in [0.5, 0.6) is 0 Å². The molecule has 3 aliphatic rings. The van der Waals surface area contributed by atoms with Crippen molar-refractivity contribution < 1.29 is 22.7 Å². The van der Waals surface area contributed by atoms with E-state index in [-0.39, 0.29) is 34.0 Å². The second kappa shape index (κ2) is 11.0. The number of ether oxygens (including phenoxy) is 1. The number of hydrogen-bond donors (Lipinski definition) is 2. The number of carbonyl (C=O) groups excluding carboxylic acids is 1. The molecule has 0 unspecified atom stereocenters. The highest BCUT2D eigenvalue weighted by Crippen LogP contribution is 2.43. The lowest BCUT2D eigenvalue weighted by atomic mass is 9.73. The van der Waals surface area contributed by atoms with Gasteiger partial charge in [-0.25, -0.2) is 0 Å². The Labute approximate surface area is 244 Å². The van der Waals surface area contributed by atoms with Crippen molar-refractivity contribution in [2.24, 2.45) is 5.41 Å². The lowest BCUT2D eigenvalue weighted by molar-refractivity contribution is -0.137. The SMILES string of the molecule is CCc1c(N2CCNCC2)c(=O)n2nc(C3=CCC4(CC3)COC4)nc2n1CC(=O)Nc1ccc(C(F)(F)F)cc1Cl. The van der Waals surface area contributed by atoms with Gasteiger partial charge in [0.15, 0.2) is 5.82 Å². The second-order valence-corrected chi connectivity index (χ2v) is 11.5. The first-order chi connectivity index (χ1) is 20.1. The van der Waals surface area contributed by atoms with Crippen LogP contribution in [-0.4, -0.2) is 64.5 Å². The number of allylic oxidation sites excluding steroid dienone is 2. The molecule has 14 heteroatoms. The summed E-state index contributed by atoms with van der Waals surface area (Å²) < 4.78 is 47.6. The van der Waals surface area contributed by atoms with Crippen molar-refractivity contribution in [3.63, 3.8) is 0 Å². The molecule has 0 saturated carbocycles. The minimum absolute atomic E-state index is 0.0514. The van der Waals surface area contributed by atoms with E-state index in [0.29, 0.717) is 49.8 Å². The Kier molecular flexibility index (Phi) is 7.52. The molecule has 2 aliphatic heterocycles. The monoisotopic (exact) mass is 605 g/mol. The minimum Gasteiger partial charge on any atom is -0.380 e. The number of hydrogen-bond acceptors (Lipinski definition) is 7. The summed E-state index contributed by atoms with van der Waals surface area (Å²) in [6.45, 7) is 5.76. The Hall–Kier alpha value is -3.42. The van der Waals surface area contributed by atoms with Crippen LogP contribution in [-0.2, 0) is 28.7 Å². The van der Waals surface area contributed by atoms with Crippen molar-refractivity contribution in [2.75, 3.05) is 49.6 Å². The van der Waals surface area contributed by atoms with E-state index in [1.54, 1.807) is 4.57 Å². The van der Waals surface area contributed by atoms with Gasteiger partial charge in [-0.15, -0.1) is 5.10 Å². The molecule has 1 amide bonds. The summed E-state index contributed by atoms with van der Waals surface area (Å²) in [4.78, 5) is 34.0. The Balaban J connectivity index is 1.39. The highest BCUT2D eigenvalue weighted by molar-refractivity contribution is 6.33. The van der Waals surface area contributed by atoms with E-state index in [1.165, 1.54) is 4.52 Å². The van der Waals surface area contributed by atoms with Gasteiger partial charge in [0, 0.05) is 31.6 Å². The van der Waals surface area contributed by atoms with E-state index >= 15 is 0 Å². The zero-order chi connectivity index (χ0) is 29.6. The summed E-state index contributed by atoms with van der Waals surface area (Å²) >= 11 is 6.09. The number of rotatable bonds is 6. The second-order valence-electron chi connectivity index (χ2n) is 11.1. The first-order valence-electron chi connectivity index (χ1n) is 14.0. The minimum atomic E-state index is -4.56. The van der Waals surface area contributed by atoms with Crippen LogP contribution < -0.4 is 21.1 Å². The van der Waals surface area contributed by atoms with Gasteiger partial charge in [-0.05, 0) is 49.5 Å². The van der Waals surface area contributed by atoms with Crippen LogP contribution in [0.25, 0.3) is 11.4 Å². The maximum atomic E-state index is 13.9. The van der Waals surface area contributed by atoms with E-state index in [1.807, 2.05) is 11.8 Å². The lowest BCUT2D eigenvalue weighted by Gasteiger charge is -2.43. The van der Waals surface area contributed by atoms with Gasteiger partial charge in [-0.1, -0.05) is 24.6 Å². The number of alkyl halides is 3. The fourth-order valence-electron chi connectivity index (χ4n) is 5.88. The van der Waals surface area contributed by atoms with Crippen molar-refractivity contribution in [3.8, 4) is 0 Å². The molecule has 1 aliphatic carbocycles. The van der Waals surface area contributed by atoms with Gasteiger partial charge in [-0.2, -0.15) is 22.7 Å². The number of carbonyl (C=O) groups is 1. The molecular formula is C28H31ClF3N7O3. The Morgan fingerprint density at radius 3 is 2.60 bits per heavy atom. The van der Waals surface area contributed by atoms with Crippen molar-refractivity contribution >= 4 is 40.2 Å². The van der Waals surface area contributed by atoms with Crippen molar-refractivity contribution in [2.45, 2.75) is 45.3 Å². The maximum Gasteiger partial charge on any atom is 0.416 e. The molecule has 2 fully saturated rings. The van der Waals surface area contributed by atoms with Crippen LogP contribution in [0.1, 0.15) is 43.3 Å². The van der Waals surface area contributed by atoms with Gasteiger partial charge in [0.2, 0.25) is 11.7 Å². The molecule has 42 heavy (non-hydrogen) atoms. The van der Waals surface area contributed by atoms with Crippen LogP contribution in [0.4, 0.5) is 24.5 Å². The summed E-state index contributed by atoms with van der Waals surface area (Å²) in [7, 11) is 0. The molecule has 4 heterocycles. The van der Waals surface area contributed by atoms with E-state index in [9.17, 15) is 22.8 Å². The van der Waals surface area contributed by atoms with E-state index in [2.05, 4.69) is 21.8 Å². The number of anilines is 2. The third kappa shape index (κ3) is 5.29. The van der Waals surface area contributed by atoms with E-state index < -0.39 is 17.6 Å². The van der Waals surface area contributed by atoms with Crippen LogP contribution >= 0.6 is 11.6 Å². The molecular weight excluding hydrogens is 575 g/mol. The van der Waals surface area contributed by atoms with E-state index in [0.717, 1.165) is 56.2 Å². The predicted molar refractivity (Wildman–Crippen MR) is 152 cm³/mol. The smallest absolute Gasteiger partial charge is 0.380 e. The fraction of sp³-hybridized carbons (Fsp3) is 0.500. The lowest BCUT2D eigenvalue weighted by Crippen LogP contribution is -2.47. The normalized spacial score (nSPS) is 18.7. The van der Waals surface area contributed by atoms with E-state index in [4.69, 9.17) is 21.3 Å². The standard InChI is InChI=1S/C28H31ClF3N7O3/c1-2-21-23(37-11-9-33-10-12-37)25(41)39-26(35-24(36-39)17-5-7-27(8-6-17)15-42-16-27)38(21)14-22(40)34-20-4-3-18(13-19(20)29)28(30,31)32/h3-5,13,33H,2,6-12,14-16H2,1H3,(H,34,40). The molecule has 0 atom stereocenters. The number of nitrogens with zero attached hydrogens (tertiary/aromatic N) is 5. The average Bonchev–Trinajstić information content (AvgIpc) is 3.40. The molecule has 224 valence electrons. The van der Waals surface area contributed by atoms with Crippen LogP contribution in [0.3, 0.4) is 0 Å². The molecule has 2 aromatic heterocycles. The zero-order valence-electron chi connectivity index (χ0n) is 23.1. The molecule has 6 rings (SSSR count). The number of fused-ring (bicyclic) bond motifs is 1. The van der Waals surface area contributed by atoms with Gasteiger partial charge in [0.25, 0.3) is 5.56 Å². The molecule has 0 radical (unpaired) electrons. The largest absolute Gasteiger partial charge is 0.416 e. The third-order valence-corrected chi connectivity index (χ3v) is 8.59. The number of halogens is 4. The quantitative estimate of drug-likeness (QED) is 0.441. The fourth-order valence-corrected chi connectivity index (χ4v) is 6.11. The summed E-state index contributed by atoms with van der Waals surface area (Å²) in [5.41, 5.74) is 1.06. The highest BCUT2D eigenvalue weighted by atomic mass is 35.5. The molecule has 3 aromatic rings. The average molecular weight is 606 g/mol. The molecule has 2 saturated heterocycles. The third-order valence-electron chi connectivity index (χ3n) is 8.28. The molecule has 10 nitrogen and oxygen atoms in total. The van der Waals surface area contributed by atoms with Crippen molar-refractivity contribution in [3.05, 3.63) is 56.7 Å². The number of piperazine rings is 1. The predicted octanol–water partition coefficient (Wildman–Crippen LogP) is 3.76. The maximum absolute atomic E-state index is 13.9. The van der Waals surface area contributed by atoms with Gasteiger partial charge < -0.3 is 24.8 Å². The summed E-state index contributed by atoms with van der Waals surface area (Å²) in [5.74, 6) is 0.144. The Morgan fingerprint density at radius 2 is 2.00 bits per heavy atom. The zero-order valence-corrected chi connectivity index (χ0v) is 23.8. The van der Waals surface area contributed by atoms with Crippen molar-refractivity contribution in [1.82, 2.24) is 24.5 Å².